The molecule has 0 bridgehead atoms. The second kappa shape index (κ2) is 5.63. The van der Waals surface area contributed by atoms with E-state index in [2.05, 4.69) is 0 Å². The van der Waals surface area contributed by atoms with Crippen LogP contribution >= 0.6 is 11.3 Å². The Hall–Kier alpha value is -2.19. The van der Waals surface area contributed by atoms with Gasteiger partial charge in [0.05, 0.1) is 18.1 Å². The van der Waals surface area contributed by atoms with E-state index in [1.807, 2.05) is 6.07 Å². The summed E-state index contributed by atoms with van der Waals surface area (Å²) in [7, 11) is 1.49. The number of hydrogen-bond acceptors (Lipinski definition) is 4. The summed E-state index contributed by atoms with van der Waals surface area (Å²) in [5.41, 5.74) is 0.0994. The number of nitrogens with zero attached hydrogens (tertiary/aromatic N) is 1. The van der Waals surface area contributed by atoms with E-state index in [4.69, 9.17) is 10.00 Å². The average molecular weight is 275 g/mol. The fourth-order valence-electron chi connectivity index (χ4n) is 1.68. The van der Waals surface area contributed by atoms with E-state index in [0.717, 1.165) is 0 Å². The third kappa shape index (κ3) is 2.64. The molecule has 5 heteroatoms. The summed E-state index contributed by atoms with van der Waals surface area (Å²) in [6.07, 6.45) is 0. The minimum absolute atomic E-state index is 0.0994. The third-order valence-electron chi connectivity index (χ3n) is 2.66. The molecule has 3 nitrogen and oxygen atoms in total. The molecule has 1 atom stereocenters. The zero-order valence-electron chi connectivity index (χ0n) is 10.1. The second-order valence-electron chi connectivity index (χ2n) is 3.80. The molecule has 1 aromatic heterocycles. The van der Waals surface area contributed by atoms with E-state index >= 15 is 0 Å². The molecule has 96 valence electrons. The summed E-state index contributed by atoms with van der Waals surface area (Å²) in [6, 6.07) is 9.23. The number of ketones is 1. The van der Waals surface area contributed by atoms with Gasteiger partial charge in [-0.15, -0.1) is 11.3 Å². The lowest BCUT2D eigenvalue weighted by Gasteiger charge is -2.07. The molecule has 0 aliphatic rings. The van der Waals surface area contributed by atoms with E-state index in [0.29, 0.717) is 10.6 Å². The van der Waals surface area contributed by atoms with Gasteiger partial charge in [0.2, 0.25) is 0 Å². The minimum atomic E-state index is -1.13. The van der Waals surface area contributed by atoms with Crippen molar-refractivity contribution in [3.8, 4) is 11.8 Å². The van der Waals surface area contributed by atoms with Gasteiger partial charge in [-0.2, -0.15) is 5.26 Å². The lowest BCUT2D eigenvalue weighted by Crippen LogP contribution is -2.11. The Morgan fingerprint density at radius 2 is 2.21 bits per heavy atom. The zero-order chi connectivity index (χ0) is 13.8. The molecule has 1 unspecified atom stereocenters. The van der Waals surface area contributed by atoms with E-state index in [1.54, 1.807) is 17.5 Å². The quantitative estimate of drug-likeness (QED) is 0.804. The Kier molecular flexibility index (Phi) is 3.93. The molecule has 0 saturated carbocycles. The summed E-state index contributed by atoms with van der Waals surface area (Å²) in [5, 5.41) is 10.8. The lowest BCUT2D eigenvalue weighted by molar-refractivity contribution is 0.0981. The van der Waals surface area contributed by atoms with Crippen molar-refractivity contribution in [3.63, 3.8) is 0 Å². The first-order valence-corrected chi connectivity index (χ1v) is 6.36. The van der Waals surface area contributed by atoms with Gasteiger partial charge in [-0.05, 0) is 6.07 Å². The summed E-state index contributed by atoms with van der Waals surface area (Å²) < 4.78 is 18.6. The Morgan fingerprint density at radius 1 is 1.47 bits per heavy atom. The van der Waals surface area contributed by atoms with Crippen molar-refractivity contribution in [3.05, 3.63) is 52.0 Å². The minimum Gasteiger partial charge on any atom is -0.496 e. The zero-order valence-corrected chi connectivity index (χ0v) is 10.9. The molecular weight excluding hydrogens is 265 g/mol. The van der Waals surface area contributed by atoms with Gasteiger partial charge in [0.1, 0.15) is 17.5 Å². The smallest absolute Gasteiger partial charge is 0.194 e. The van der Waals surface area contributed by atoms with Gasteiger partial charge in [-0.3, -0.25) is 4.79 Å². The summed E-state index contributed by atoms with van der Waals surface area (Å²) in [5.74, 6) is -1.55. The molecule has 2 aromatic rings. The highest BCUT2D eigenvalue weighted by molar-refractivity contribution is 7.12. The van der Waals surface area contributed by atoms with Crippen molar-refractivity contribution in [2.75, 3.05) is 7.11 Å². The normalized spacial score (nSPS) is 11.6. The van der Waals surface area contributed by atoms with Crippen molar-refractivity contribution < 1.29 is 13.9 Å². The molecule has 0 aliphatic carbocycles. The summed E-state index contributed by atoms with van der Waals surface area (Å²) in [4.78, 5) is 12.6. The number of benzene rings is 1. The van der Waals surface area contributed by atoms with Gasteiger partial charge < -0.3 is 4.74 Å². The number of halogens is 1. The van der Waals surface area contributed by atoms with Crippen LogP contribution in [-0.4, -0.2) is 12.9 Å². The third-order valence-corrected chi connectivity index (χ3v) is 3.58. The van der Waals surface area contributed by atoms with Gasteiger partial charge in [0, 0.05) is 17.0 Å². The van der Waals surface area contributed by atoms with Crippen molar-refractivity contribution in [2.24, 2.45) is 0 Å². The SMILES string of the molecule is COc1csc(C(=O)C(C#N)c2ccccc2F)c1. The second-order valence-corrected chi connectivity index (χ2v) is 4.71. The maximum absolute atomic E-state index is 13.6. The monoisotopic (exact) mass is 275 g/mol. The van der Waals surface area contributed by atoms with Crippen LogP contribution in [0.1, 0.15) is 21.2 Å². The maximum atomic E-state index is 13.6. The predicted molar refractivity (Wildman–Crippen MR) is 70.0 cm³/mol. The Bertz CT molecular complexity index is 645. The standard InChI is InChI=1S/C14H10FNO2S/c1-18-9-6-13(19-8-9)14(17)11(7-16)10-4-2-3-5-12(10)15/h2-6,8,11H,1H3. The molecular formula is C14H10FNO2S. The molecule has 0 saturated heterocycles. The van der Waals surface area contributed by atoms with E-state index in [9.17, 15) is 9.18 Å². The molecule has 2 rings (SSSR count). The predicted octanol–water partition coefficient (Wildman–Crippen LogP) is 3.39. The number of Topliss-reactive ketones (excluding diaryl/α,β-unsaturated/α-hetero) is 1. The van der Waals surface area contributed by atoms with Gasteiger partial charge in [-0.1, -0.05) is 18.2 Å². The Morgan fingerprint density at radius 3 is 2.79 bits per heavy atom. The van der Waals surface area contributed by atoms with Crippen molar-refractivity contribution in [1.82, 2.24) is 0 Å². The lowest BCUT2D eigenvalue weighted by atomic mass is 9.95. The molecule has 1 heterocycles. The highest BCUT2D eigenvalue weighted by Gasteiger charge is 2.25. The van der Waals surface area contributed by atoms with Crippen LogP contribution in [0.5, 0.6) is 5.75 Å². The first kappa shape index (κ1) is 13.2. The van der Waals surface area contributed by atoms with Crippen LogP contribution in [0.15, 0.2) is 35.7 Å². The summed E-state index contributed by atoms with van der Waals surface area (Å²) in [6.45, 7) is 0. The highest BCUT2D eigenvalue weighted by atomic mass is 32.1. The Balaban J connectivity index is 2.35. The van der Waals surface area contributed by atoms with Crippen LogP contribution < -0.4 is 4.74 Å². The number of hydrogen-bond donors (Lipinski definition) is 0. The maximum Gasteiger partial charge on any atom is 0.194 e. The van der Waals surface area contributed by atoms with Crippen LogP contribution in [0.2, 0.25) is 0 Å². The molecule has 1 aromatic carbocycles. The average Bonchev–Trinajstić information content (AvgIpc) is 2.90. The van der Waals surface area contributed by atoms with Crippen molar-refractivity contribution in [2.45, 2.75) is 5.92 Å². The number of carbonyl (C=O) groups is 1. The molecule has 19 heavy (non-hydrogen) atoms. The van der Waals surface area contributed by atoms with Crippen molar-refractivity contribution in [1.29, 1.82) is 5.26 Å². The number of thiophene rings is 1. The van der Waals surface area contributed by atoms with E-state index < -0.39 is 17.5 Å². The largest absolute Gasteiger partial charge is 0.496 e. The fraction of sp³-hybridized carbons (Fsp3) is 0.143. The summed E-state index contributed by atoms with van der Waals surface area (Å²) >= 11 is 1.18. The van der Waals surface area contributed by atoms with Crippen LogP contribution in [-0.2, 0) is 0 Å². The first-order valence-electron chi connectivity index (χ1n) is 5.48. The van der Waals surface area contributed by atoms with Crippen LogP contribution in [0, 0.1) is 17.1 Å². The van der Waals surface area contributed by atoms with Crippen LogP contribution in [0.3, 0.4) is 0 Å². The van der Waals surface area contributed by atoms with Gasteiger partial charge in [0.15, 0.2) is 5.78 Å². The van der Waals surface area contributed by atoms with Gasteiger partial charge in [0.25, 0.3) is 0 Å². The molecule has 0 N–H and O–H groups in total. The first-order chi connectivity index (χ1) is 9.17. The molecule has 0 fully saturated rings. The number of nitriles is 1. The number of rotatable bonds is 4. The number of carbonyl (C=O) groups excluding carboxylic acids is 1. The number of methoxy groups -OCH3 is 1. The van der Waals surface area contributed by atoms with Crippen LogP contribution in [0.25, 0.3) is 0 Å². The molecule has 0 spiro atoms. The molecule has 0 radical (unpaired) electrons. The van der Waals surface area contributed by atoms with Crippen LogP contribution in [0.4, 0.5) is 4.39 Å². The fourth-order valence-corrected chi connectivity index (χ4v) is 2.50. The van der Waals surface area contributed by atoms with E-state index in [-0.39, 0.29) is 5.56 Å². The molecule has 0 aliphatic heterocycles. The van der Waals surface area contributed by atoms with Gasteiger partial charge in [-0.25, -0.2) is 4.39 Å². The highest BCUT2D eigenvalue weighted by Crippen LogP contribution is 2.28. The Labute approximate surface area is 113 Å². The topological polar surface area (TPSA) is 50.1 Å². The van der Waals surface area contributed by atoms with E-state index in [1.165, 1.54) is 36.6 Å². The number of ether oxygens (including phenoxy) is 1. The van der Waals surface area contributed by atoms with Crippen molar-refractivity contribution >= 4 is 17.1 Å². The van der Waals surface area contributed by atoms with Gasteiger partial charge >= 0.3 is 0 Å². The molecule has 0 amide bonds.